The topological polar surface area (TPSA) is 84.0 Å². The molecule has 0 aliphatic heterocycles. The minimum absolute atomic E-state index is 0.0180. The molecule has 0 atom stereocenters. The number of carbonyl (C=O) groups excluding carboxylic acids is 2. The van der Waals surface area contributed by atoms with E-state index in [1.54, 1.807) is 24.3 Å². The fraction of sp³-hybridized carbons (Fsp3) is 0.217. The van der Waals surface area contributed by atoms with Crippen molar-refractivity contribution in [3.63, 3.8) is 0 Å². The molecule has 0 saturated heterocycles. The number of Topliss-reactive ketones (excluding diaryl/α,β-unsaturated/α-hetero) is 1. The van der Waals surface area contributed by atoms with E-state index in [1.165, 1.54) is 13.3 Å². The fourth-order valence-electron chi connectivity index (χ4n) is 3.03. The second-order valence-electron chi connectivity index (χ2n) is 7.20. The van der Waals surface area contributed by atoms with Gasteiger partial charge in [0.15, 0.2) is 5.78 Å². The zero-order valence-electron chi connectivity index (χ0n) is 17.0. The summed E-state index contributed by atoms with van der Waals surface area (Å²) in [5.41, 5.74) is 4.45. The number of carbonyl (C=O) groups is 2. The SMILES string of the molecule is CC(=O)c1cccc(Nc2cc(C(=O)Nc3c(C)cccc3C(C)C)ncn2)c1. The smallest absolute Gasteiger partial charge is 0.274 e. The minimum atomic E-state index is -0.302. The van der Waals surface area contributed by atoms with Crippen LogP contribution in [0.15, 0.2) is 54.9 Å². The summed E-state index contributed by atoms with van der Waals surface area (Å²) in [6.07, 6.45) is 1.34. The Morgan fingerprint density at radius 2 is 1.76 bits per heavy atom. The van der Waals surface area contributed by atoms with E-state index in [0.717, 1.165) is 16.8 Å². The predicted molar refractivity (Wildman–Crippen MR) is 115 cm³/mol. The van der Waals surface area contributed by atoms with Crippen LogP contribution >= 0.6 is 0 Å². The number of ketones is 1. The molecule has 2 aromatic carbocycles. The van der Waals surface area contributed by atoms with E-state index in [1.807, 2.05) is 31.2 Å². The molecule has 6 nitrogen and oxygen atoms in total. The van der Waals surface area contributed by atoms with Gasteiger partial charge in [-0.25, -0.2) is 9.97 Å². The summed E-state index contributed by atoms with van der Waals surface area (Å²) < 4.78 is 0. The summed E-state index contributed by atoms with van der Waals surface area (Å²) in [7, 11) is 0. The summed E-state index contributed by atoms with van der Waals surface area (Å²) in [6, 6.07) is 14.7. The van der Waals surface area contributed by atoms with Gasteiger partial charge in [-0.15, -0.1) is 0 Å². The molecule has 0 radical (unpaired) electrons. The molecular weight excluding hydrogens is 364 g/mol. The van der Waals surface area contributed by atoms with Crippen LogP contribution < -0.4 is 10.6 Å². The highest BCUT2D eigenvalue weighted by atomic mass is 16.2. The van der Waals surface area contributed by atoms with E-state index >= 15 is 0 Å². The van der Waals surface area contributed by atoms with Gasteiger partial charge in [-0.05, 0) is 43.0 Å². The molecule has 3 aromatic rings. The van der Waals surface area contributed by atoms with Crippen LogP contribution in [0.3, 0.4) is 0 Å². The molecule has 0 fully saturated rings. The van der Waals surface area contributed by atoms with Gasteiger partial charge in [0.1, 0.15) is 17.8 Å². The first-order chi connectivity index (χ1) is 13.8. The Morgan fingerprint density at radius 1 is 1.00 bits per heavy atom. The van der Waals surface area contributed by atoms with Crippen LogP contribution in [-0.2, 0) is 0 Å². The Hall–Kier alpha value is -3.54. The maximum Gasteiger partial charge on any atom is 0.274 e. The number of amides is 1. The van der Waals surface area contributed by atoms with Gasteiger partial charge < -0.3 is 10.6 Å². The summed E-state index contributed by atoms with van der Waals surface area (Å²) in [5.74, 6) is 0.431. The summed E-state index contributed by atoms with van der Waals surface area (Å²) in [5, 5.41) is 6.11. The van der Waals surface area contributed by atoms with Gasteiger partial charge in [-0.1, -0.05) is 44.2 Å². The minimum Gasteiger partial charge on any atom is -0.340 e. The maximum atomic E-state index is 12.8. The Morgan fingerprint density at radius 3 is 2.48 bits per heavy atom. The molecule has 0 aliphatic carbocycles. The van der Waals surface area contributed by atoms with Crippen molar-refractivity contribution in [1.29, 1.82) is 0 Å². The van der Waals surface area contributed by atoms with E-state index in [2.05, 4.69) is 34.4 Å². The van der Waals surface area contributed by atoms with Gasteiger partial charge in [-0.2, -0.15) is 0 Å². The first-order valence-electron chi connectivity index (χ1n) is 9.46. The zero-order valence-corrected chi connectivity index (χ0v) is 17.0. The van der Waals surface area contributed by atoms with Crippen LogP contribution in [0.2, 0.25) is 0 Å². The van der Waals surface area contributed by atoms with E-state index in [4.69, 9.17) is 0 Å². The van der Waals surface area contributed by atoms with Crippen LogP contribution in [0.25, 0.3) is 0 Å². The number of nitrogens with zero attached hydrogens (tertiary/aromatic N) is 2. The standard InChI is InChI=1S/C23H24N4O2/c1-14(2)19-10-5-7-15(3)22(19)27-23(29)20-12-21(25-13-24-20)26-18-9-6-8-17(11-18)16(4)28/h5-14H,1-4H3,(H,27,29)(H,24,25,26). The average molecular weight is 388 g/mol. The van der Waals surface area contributed by atoms with Gasteiger partial charge in [0.2, 0.25) is 0 Å². The largest absolute Gasteiger partial charge is 0.340 e. The van der Waals surface area contributed by atoms with Crippen LogP contribution in [0.1, 0.15) is 58.7 Å². The third-order valence-electron chi connectivity index (χ3n) is 4.61. The van der Waals surface area contributed by atoms with Gasteiger partial charge in [0, 0.05) is 23.0 Å². The van der Waals surface area contributed by atoms with E-state index in [-0.39, 0.29) is 23.3 Å². The molecule has 1 aromatic heterocycles. The van der Waals surface area contributed by atoms with Crippen molar-refractivity contribution in [2.75, 3.05) is 10.6 Å². The van der Waals surface area contributed by atoms with E-state index in [0.29, 0.717) is 17.1 Å². The lowest BCUT2D eigenvalue weighted by Crippen LogP contribution is -2.16. The van der Waals surface area contributed by atoms with Gasteiger partial charge in [-0.3, -0.25) is 9.59 Å². The maximum absolute atomic E-state index is 12.8. The summed E-state index contributed by atoms with van der Waals surface area (Å²) >= 11 is 0. The van der Waals surface area contributed by atoms with Gasteiger partial charge in [0.05, 0.1) is 0 Å². The number of hydrogen-bond acceptors (Lipinski definition) is 5. The Balaban J connectivity index is 1.82. The fourth-order valence-corrected chi connectivity index (χ4v) is 3.03. The zero-order chi connectivity index (χ0) is 21.0. The molecule has 1 heterocycles. The number of hydrogen-bond donors (Lipinski definition) is 2. The number of aryl methyl sites for hydroxylation is 1. The second-order valence-corrected chi connectivity index (χ2v) is 7.20. The number of nitrogens with one attached hydrogen (secondary N) is 2. The predicted octanol–water partition coefficient (Wildman–Crippen LogP) is 5.11. The molecule has 1 amide bonds. The Labute approximate surface area is 170 Å². The van der Waals surface area contributed by atoms with Crippen molar-refractivity contribution in [3.8, 4) is 0 Å². The third-order valence-corrected chi connectivity index (χ3v) is 4.61. The first-order valence-corrected chi connectivity index (χ1v) is 9.46. The Bertz CT molecular complexity index is 1060. The lowest BCUT2D eigenvalue weighted by Gasteiger charge is -2.16. The molecule has 3 rings (SSSR count). The number of para-hydroxylation sites is 1. The molecule has 0 unspecified atom stereocenters. The van der Waals surface area contributed by atoms with Crippen molar-refractivity contribution in [3.05, 3.63) is 77.2 Å². The first kappa shape index (κ1) is 20.2. The molecule has 0 bridgehead atoms. The number of aromatic nitrogens is 2. The number of benzene rings is 2. The summed E-state index contributed by atoms with van der Waals surface area (Å²) in [4.78, 5) is 32.7. The van der Waals surface area contributed by atoms with E-state index < -0.39 is 0 Å². The second kappa shape index (κ2) is 8.65. The molecule has 29 heavy (non-hydrogen) atoms. The van der Waals surface area contributed by atoms with Crippen LogP contribution in [0, 0.1) is 6.92 Å². The number of rotatable bonds is 6. The molecule has 0 spiro atoms. The van der Waals surface area contributed by atoms with Crippen molar-refractivity contribution < 1.29 is 9.59 Å². The van der Waals surface area contributed by atoms with Crippen LogP contribution in [0.4, 0.5) is 17.2 Å². The van der Waals surface area contributed by atoms with Gasteiger partial charge in [0.25, 0.3) is 5.91 Å². The monoisotopic (exact) mass is 388 g/mol. The van der Waals surface area contributed by atoms with Crippen molar-refractivity contribution in [2.45, 2.75) is 33.6 Å². The van der Waals surface area contributed by atoms with Crippen molar-refractivity contribution in [2.24, 2.45) is 0 Å². The van der Waals surface area contributed by atoms with Crippen LogP contribution in [0.5, 0.6) is 0 Å². The normalized spacial score (nSPS) is 10.7. The molecule has 2 N–H and O–H groups in total. The molecule has 0 aliphatic rings. The molecule has 148 valence electrons. The third kappa shape index (κ3) is 4.85. The molecule has 6 heteroatoms. The van der Waals surface area contributed by atoms with E-state index in [9.17, 15) is 9.59 Å². The average Bonchev–Trinajstić information content (AvgIpc) is 2.69. The quantitative estimate of drug-likeness (QED) is 0.574. The highest BCUT2D eigenvalue weighted by molar-refractivity contribution is 6.04. The van der Waals surface area contributed by atoms with Gasteiger partial charge >= 0.3 is 0 Å². The van der Waals surface area contributed by atoms with Crippen LogP contribution in [-0.4, -0.2) is 21.7 Å². The lowest BCUT2D eigenvalue weighted by atomic mass is 9.98. The molecular formula is C23H24N4O2. The van der Waals surface area contributed by atoms with Crippen molar-refractivity contribution >= 4 is 28.9 Å². The highest BCUT2D eigenvalue weighted by Gasteiger charge is 2.15. The highest BCUT2D eigenvalue weighted by Crippen LogP contribution is 2.28. The number of anilines is 3. The summed E-state index contributed by atoms with van der Waals surface area (Å²) in [6.45, 7) is 7.66. The Kier molecular flexibility index (Phi) is 6.02. The lowest BCUT2D eigenvalue weighted by molar-refractivity contribution is 0.101. The molecule has 0 saturated carbocycles. The van der Waals surface area contributed by atoms with Crippen molar-refractivity contribution in [1.82, 2.24) is 9.97 Å².